The topological polar surface area (TPSA) is 66.5 Å². The number of halogens is 3. The van der Waals surface area contributed by atoms with Gasteiger partial charge in [0, 0.05) is 0 Å². The first-order valence-corrected chi connectivity index (χ1v) is 11.6. The highest BCUT2D eigenvalue weighted by molar-refractivity contribution is 6.37. The molecule has 1 N–H and O–H groups in total. The number of carbonyl (C=O) groups is 3. The van der Waals surface area contributed by atoms with Crippen molar-refractivity contribution in [3.05, 3.63) is 94.0 Å². The highest BCUT2D eigenvalue weighted by atomic mass is 19.4. The van der Waals surface area contributed by atoms with Crippen molar-refractivity contribution in [3.63, 3.8) is 0 Å². The second kappa shape index (κ2) is 9.26. The summed E-state index contributed by atoms with van der Waals surface area (Å²) in [5, 5.41) is 2.27. The number of para-hydroxylation sites is 2. The number of nitrogens with one attached hydrogen (secondary N) is 1. The second-order valence-corrected chi connectivity index (χ2v) is 9.27. The molecule has 5 nitrogen and oxygen atoms in total. The molecule has 0 saturated carbocycles. The molecule has 0 atom stereocenters. The fourth-order valence-corrected chi connectivity index (χ4v) is 4.48. The lowest BCUT2D eigenvalue weighted by atomic mass is 9.92. The number of nitrogens with zero attached hydrogens (tertiary/aromatic N) is 1. The molecule has 3 aromatic carbocycles. The summed E-state index contributed by atoms with van der Waals surface area (Å²) in [4.78, 5) is 41.4. The normalized spacial score (nSPS) is 13.5. The molecule has 36 heavy (non-hydrogen) atoms. The van der Waals surface area contributed by atoms with Crippen LogP contribution in [0.4, 0.5) is 24.5 Å². The molecule has 0 unspecified atom stereocenters. The predicted octanol–water partition coefficient (Wildman–Crippen LogP) is 7.01. The maximum absolute atomic E-state index is 13.7. The number of fused-ring (bicyclic) bond motifs is 1. The molecule has 186 valence electrons. The van der Waals surface area contributed by atoms with Crippen LogP contribution in [0.25, 0.3) is 0 Å². The Balaban J connectivity index is 1.80. The molecule has 1 aliphatic rings. The fourth-order valence-electron chi connectivity index (χ4n) is 4.48. The van der Waals surface area contributed by atoms with Crippen LogP contribution in [0.1, 0.15) is 87.3 Å². The van der Waals surface area contributed by atoms with Crippen molar-refractivity contribution in [2.45, 2.75) is 45.7 Å². The molecule has 0 saturated heterocycles. The summed E-state index contributed by atoms with van der Waals surface area (Å²) in [5.74, 6) is -2.16. The molecule has 3 amide bonds. The monoisotopic (exact) mass is 494 g/mol. The Morgan fingerprint density at radius 1 is 0.806 bits per heavy atom. The number of anilines is 2. The zero-order chi connectivity index (χ0) is 26.4. The number of imide groups is 1. The van der Waals surface area contributed by atoms with E-state index in [1.807, 2.05) is 45.9 Å². The first-order valence-electron chi connectivity index (χ1n) is 11.6. The van der Waals surface area contributed by atoms with Crippen molar-refractivity contribution >= 4 is 29.1 Å². The summed E-state index contributed by atoms with van der Waals surface area (Å²) in [6.07, 6.45) is -4.68. The van der Waals surface area contributed by atoms with Gasteiger partial charge in [-0.3, -0.25) is 14.4 Å². The number of hydrogen-bond acceptors (Lipinski definition) is 3. The standard InChI is InChI=1S/C28H25F3N2O3/c1-15(2)17-9-7-10-18(16(3)4)24(17)33-26(35)20-12-8-11-19(23(20)27(33)36)25(34)32-22-14-6-5-13-21(22)28(29,30)31/h5-16H,1-4H3,(H,32,34). The minimum Gasteiger partial charge on any atom is -0.321 e. The first-order chi connectivity index (χ1) is 16.9. The Labute approximate surface area is 206 Å². The summed E-state index contributed by atoms with van der Waals surface area (Å²) in [6, 6.07) is 14.4. The van der Waals surface area contributed by atoms with Crippen LogP contribution >= 0.6 is 0 Å². The van der Waals surface area contributed by atoms with Gasteiger partial charge in [0.25, 0.3) is 17.7 Å². The minimum absolute atomic E-state index is 0.00431. The summed E-state index contributed by atoms with van der Waals surface area (Å²) >= 11 is 0. The number of benzene rings is 3. The molecular weight excluding hydrogens is 469 g/mol. The van der Waals surface area contributed by atoms with E-state index < -0.39 is 35.1 Å². The summed E-state index contributed by atoms with van der Waals surface area (Å²) in [6.45, 7) is 7.83. The van der Waals surface area contributed by atoms with Gasteiger partial charge in [0.2, 0.25) is 0 Å². The SMILES string of the molecule is CC(C)c1cccc(C(C)C)c1N1C(=O)c2cccc(C(=O)Nc3ccccc3C(F)(F)F)c2C1=O. The molecule has 4 rings (SSSR count). The van der Waals surface area contributed by atoms with Crippen molar-refractivity contribution in [3.8, 4) is 0 Å². The van der Waals surface area contributed by atoms with Gasteiger partial charge in [0.1, 0.15) is 0 Å². The Morgan fingerprint density at radius 3 is 1.97 bits per heavy atom. The molecule has 0 spiro atoms. The largest absolute Gasteiger partial charge is 0.418 e. The van der Waals surface area contributed by atoms with E-state index >= 15 is 0 Å². The van der Waals surface area contributed by atoms with Gasteiger partial charge >= 0.3 is 6.18 Å². The van der Waals surface area contributed by atoms with E-state index in [1.54, 1.807) is 0 Å². The molecule has 8 heteroatoms. The van der Waals surface area contributed by atoms with Gasteiger partial charge in [0.15, 0.2) is 0 Å². The highest BCUT2D eigenvalue weighted by Crippen LogP contribution is 2.40. The van der Waals surface area contributed by atoms with Crippen molar-refractivity contribution in [2.75, 3.05) is 10.2 Å². The lowest BCUT2D eigenvalue weighted by molar-refractivity contribution is -0.136. The Bertz CT molecular complexity index is 1350. The Kier molecular flexibility index (Phi) is 6.47. The summed E-state index contributed by atoms with van der Waals surface area (Å²) < 4.78 is 40.3. The maximum Gasteiger partial charge on any atom is 0.418 e. The molecule has 0 aliphatic carbocycles. The van der Waals surface area contributed by atoms with E-state index in [0.29, 0.717) is 5.69 Å². The van der Waals surface area contributed by atoms with Gasteiger partial charge in [0.05, 0.1) is 33.6 Å². The highest BCUT2D eigenvalue weighted by Gasteiger charge is 2.42. The second-order valence-electron chi connectivity index (χ2n) is 9.27. The number of amides is 3. The van der Waals surface area contributed by atoms with E-state index in [-0.39, 0.29) is 28.5 Å². The third kappa shape index (κ3) is 4.27. The average Bonchev–Trinajstić information content (AvgIpc) is 3.07. The maximum atomic E-state index is 13.7. The number of carbonyl (C=O) groups excluding carboxylic acids is 3. The van der Waals surface area contributed by atoms with Crippen molar-refractivity contribution < 1.29 is 27.6 Å². The molecule has 0 aromatic heterocycles. The zero-order valence-electron chi connectivity index (χ0n) is 20.2. The number of alkyl halides is 3. The molecular formula is C28H25F3N2O3. The molecule has 0 fully saturated rings. The Morgan fingerprint density at radius 2 is 1.39 bits per heavy atom. The van der Waals surface area contributed by atoms with Gasteiger partial charge in [-0.15, -0.1) is 0 Å². The van der Waals surface area contributed by atoms with E-state index in [1.165, 1.54) is 30.3 Å². The van der Waals surface area contributed by atoms with Crippen molar-refractivity contribution in [2.24, 2.45) is 0 Å². The van der Waals surface area contributed by atoms with Gasteiger partial charge in [-0.2, -0.15) is 13.2 Å². The molecule has 3 aromatic rings. The number of hydrogen-bond donors (Lipinski definition) is 1. The van der Waals surface area contributed by atoms with Gasteiger partial charge in [-0.05, 0) is 47.2 Å². The molecule has 0 bridgehead atoms. The van der Waals surface area contributed by atoms with Crippen LogP contribution in [0, 0.1) is 0 Å². The van der Waals surface area contributed by atoms with E-state index in [9.17, 15) is 27.6 Å². The van der Waals surface area contributed by atoms with Gasteiger partial charge < -0.3 is 5.32 Å². The van der Waals surface area contributed by atoms with Crippen LogP contribution in [0.15, 0.2) is 60.7 Å². The summed E-state index contributed by atoms with van der Waals surface area (Å²) in [5.41, 5.74) is 0.390. The van der Waals surface area contributed by atoms with Crippen LogP contribution in [0.2, 0.25) is 0 Å². The predicted molar refractivity (Wildman–Crippen MR) is 132 cm³/mol. The quantitative estimate of drug-likeness (QED) is 0.388. The fraction of sp³-hybridized carbons (Fsp3) is 0.250. The van der Waals surface area contributed by atoms with Crippen LogP contribution in [-0.2, 0) is 6.18 Å². The minimum atomic E-state index is -4.68. The van der Waals surface area contributed by atoms with Crippen LogP contribution in [0.3, 0.4) is 0 Å². The van der Waals surface area contributed by atoms with Crippen LogP contribution < -0.4 is 10.2 Å². The van der Waals surface area contributed by atoms with Crippen LogP contribution in [0.5, 0.6) is 0 Å². The van der Waals surface area contributed by atoms with Crippen LogP contribution in [-0.4, -0.2) is 17.7 Å². The first kappa shape index (κ1) is 25.2. The smallest absolute Gasteiger partial charge is 0.321 e. The lowest BCUT2D eigenvalue weighted by Crippen LogP contribution is -2.32. The van der Waals surface area contributed by atoms with Crippen molar-refractivity contribution in [1.82, 2.24) is 0 Å². The third-order valence-corrected chi connectivity index (χ3v) is 6.21. The van der Waals surface area contributed by atoms with E-state index in [4.69, 9.17) is 0 Å². The summed E-state index contributed by atoms with van der Waals surface area (Å²) in [7, 11) is 0. The van der Waals surface area contributed by atoms with Crippen molar-refractivity contribution in [1.29, 1.82) is 0 Å². The zero-order valence-corrected chi connectivity index (χ0v) is 20.2. The van der Waals surface area contributed by atoms with Gasteiger partial charge in [-0.25, -0.2) is 4.90 Å². The molecule has 0 radical (unpaired) electrons. The average molecular weight is 495 g/mol. The molecule has 1 aliphatic heterocycles. The van der Waals surface area contributed by atoms with Gasteiger partial charge in [-0.1, -0.05) is 64.1 Å². The number of rotatable bonds is 5. The third-order valence-electron chi connectivity index (χ3n) is 6.21. The lowest BCUT2D eigenvalue weighted by Gasteiger charge is -2.25. The van der Waals surface area contributed by atoms with E-state index in [0.717, 1.165) is 28.2 Å². The van der Waals surface area contributed by atoms with E-state index in [2.05, 4.69) is 5.32 Å². The Hall–Kier alpha value is -3.94. The molecule has 1 heterocycles.